The molecule has 2 unspecified atom stereocenters. The molecule has 3 aliphatic heterocycles. The third-order valence-electron chi connectivity index (χ3n) is 8.95. The summed E-state index contributed by atoms with van der Waals surface area (Å²) in [5.74, 6) is 0.908. The molecule has 1 N–H and O–H groups in total. The molecule has 2 aromatic heterocycles. The monoisotopic (exact) mass is 558 g/mol. The van der Waals surface area contributed by atoms with Crippen LogP contribution < -0.4 is 15.0 Å². The van der Waals surface area contributed by atoms with Crippen LogP contribution in [-0.4, -0.2) is 84.5 Å². The molecule has 4 aromatic rings. The lowest BCUT2D eigenvalue weighted by atomic mass is 9.98. The normalized spacial score (nSPS) is 24.9. The predicted molar refractivity (Wildman–Crippen MR) is 160 cm³/mol. The van der Waals surface area contributed by atoms with Gasteiger partial charge in [-0.1, -0.05) is 41.9 Å². The fraction of sp³-hybridized carbons (Fsp3) is 0.452. The van der Waals surface area contributed by atoms with Gasteiger partial charge in [0.05, 0.1) is 22.7 Å². The number of rotatable bonds is 6. The lowest BCUT2D eigenvalue weighted by molar-refractivity contribution is 0.111. The van der Waals surface area contributed by atoms with Crippen molar-refractivity contribution in [3.8, 4) is 17.3 Å². The Morgan fingerprint density at radius 1 is 1.05 bits per heavy atom. The second-order valence-corrected chi connectivity index (χ2v) is 11.9. The van der Waals surface area contributed by atoms with Crippen molar-refractivity contribution in [2.45, 2.75) is 50.4 Å². The second kappa shape index (κ2) is 10.4. The summed E-state index contributed by atoms with van der Waals surface area (Å²) in [4.78, 5) is 19.7. The quantitative estimate of drug-likeness (QED) is 0.360. The minimum Gasteiger partial charge on any atom is -0.462 e. The summed E-state index contributed by atoms with van der Waals surface area (Å²) in [6, 6.07) is 13.9. The number of aryl methyl sites for hydroxylation is 1. The topological polar surface area (TPSA) is 75.6 Å². The molecule has 0 amide bonds. The molecule has 7 rings (SSSR count). The Morgan fingerprint density at radius 3 is 2.58 bits per heavy atom. The number of ether oxygens (including phenoxy) is 2. The maximum absolute atomic E-state index is 6.70. The van der Waals surface area contributed by atoms with Crippen molar-refractivity contribution in [3.05, 3.63) is 53.2 Å². The van der Waals surface area contributed by atoms with E-state index in [-0.39, 0.29) is 12.1 Å². The molecule has 40 heavy (non-hydrogen) atoms. The molecule has 208 valence electrons. The molecule has 0 spiro atoms. The van der Waals surface area contributed by atoms with Crippen LogP contribution in [0.4, 0.5) is 5.82 Å². The highest BCUT2D eigenvalue weighted by atomic mass is 35.5. The van der Waals surface area contributed by atoms with Gasteiger partial charge >= 0.3 is 6.01 Å². The van der Waals surface area contributed by atoms with E-state index in [4.69, 9.17) is 36.0 Å². The lowest BCUT2D eigenvalue weighted by Gasteiger charge is -2.34. The van der Waals surface area contributed by atoms with Gasteiger partial charge in [0.15, 0.2) is 0 Å². The molecule has 2 aromatic carbocycles. The average molecular weight is 559 g/mol. The van der Waals surface area contributed by atoms with Gasteiger partial charge in [0.25, 0.3) is 0 Å². The smallest absolute Gasteiger partial charge is 0.319 e. The highest BCUT2D eigenvalue weighted by Crippen LogP contribution is 2.38. The molecule has 0 radical (unpaired) electrons. The number of methoxy groups -OCH3 is 1. The molecular formula is C31H35ClN6O2. The van der Waals surface area contributed by atoms with Crippen LogP contribution in [0.15, 0.2) is 42.6 Å². The van der Waals surface area contributed by atoms with Crippen molar-refractivity contribution in [1.29, 1.82) is 0 Å². The molecule has 0 aliphatic carbocycles. The van der Waals surface area contributed by atoms with E-state index in [9.17, 15) is 0 Å². The first-order valence-electron chi connectivity index (χ1n) is 14.2. The Bertz CT molecular complexity index is 1560. The van der Waals surface area contributed by atoms with Crippen molar-refractivity contribution >= 4 is 39.1 Å². The van der Waals surface area contributed by atoms with Gasteiger partial charge < -0.3 is 19.7 Å². The number of likely N-dealkylation sites (N-methyl/N-ethyl adjacent to an activating group) is 1. The van der Waals surface area contributed by atoms with Gasteiger partial charge in [-0.3, -0.25) is 9.88 Å². The van der Waals surface area contributed by atoms with Crippen LogP contribution in [0, 0.1) is 6.92 Å². The number of piperazine rings is 1. The molecule has 4 atom stereocenters. The molecule has 0 saturated carbocycles. The summed E-state index contributed by atoms with van der Waals surface area (Å²) in [5.41, 5.74) is 3.74. The molecule has 2 bridgehead atoms. The zero-order chi connectivity index (χ0) is 27.4. The Kier molecular flexibility index (Phi) is 6.74. The molecule has 9 heteroatoms. The molecule has 3 fully saturated rings. The number of halogens is 1. The van der Waals surface area contributed by atoms with Gasteiger partial charge in [0, 0.05) is 72.6 Å². The molecular weight excluding hydrogens is 524 g/mol. The van der Waals surface area contributed by atoms with Crippen molar-refractivity contribution < 1.29 is 9.47 Å². The van der Waals surface area contributed by atoms with Crippen LogP contribution in [0.25, 0.3) is 32.9 Å². The van der Waals surface area contributed by atoms with Crippen molar-refractivity contribution in [3.63, 3.8) is 0 Å². The number of anilines is 1. The van der Waals surface area contributed by atoms with Crippen LogP contribution in [0.3, 0.4) is 0 Å². The first kappa shape index (κ1) is 25.9. The summed E-state index contributed by atoms with van der Waals surface area (Å²) >= 11 is 6.70. The van der Waals surface area contributed by atoms with E-state index in [1.54, 1.807) is 7.11 Å². The van der Waals surface area contributed by atoms with Gasteiger partial charge in [-0.2, -0.15) is 9.97 Å². The Morgan fingerprint density at radius 2 is 1.82 bits per heavy atom. The fourth-order valence-corrected chi connectivity index (χ4v) is 7.07. The number of hydrogen-bond acceptors (Lipinski definition) is 8. The first-order valence-corrected chi connectivity index (χ1v) is 14.6. The molecule has 3 aliphatic rings. The van der Waals surface area contributed by atoms with E-state index in [2.05, 4.69) is 53.4 Å². The Labute approximate surface area is 239 Å². The minimum absolute atomic E-state index is 0.228. The fourth-order valence-electron chi connectivity index (χ4n) is 6.78. The van der Waals surface area contributed by atoms with E-state index >= 15 is 0 Å². The Hall–Kier alpha value is -3.04. The van der Waals surface area contributed by atoms with E-state index in [1.807, 2.05) is 18.3 Å². The Balaban J connectivity index is 1.32. The summed E-state index contributed by atoms with van der Waals surface area (Å²) in [7, 11) is 3.90. The standard InChI is InChI=1S/C31H35ClN6O2/c1-18-28(24-8-4-6-19-7-5-9-26(32)27(19)24)33-13-25-29(18)35-31(40-17-22-12-23(39-3)16-37(22)2)36-30(25)38-14-20-10-11-21(15-38)34-20/h4-9,13,20-23,34H,10-12,14-17H2,1-3H3/t20?,21?,22-,23+/m0/s1. The van der Waals surface area contributed by atoms with Gasteiger partial charge in [0.2, 0.25) is 0 Å². The number of nitrogens with one attached hydrogen (secondary N) is 1. The van der Waals surface area contributed by atoms with E-state index in [1.165, 1.54) is 12.8 Å². The minimum atomic E-state index is 0.228. The molecule has 8 nitrogen and oxygen atoms in total. The van der Waals surface area contributed by atoms with Crippen LogP contribution in [0.5, 0.6) is 6.01 Å². The number of pyridine rings is 1. The van der Waals surface area contributed by atoms with Crippen molar-refractivity contribution in [2.75, 3.05) is 45.3 Å². The number of fused-ring (bicyclic) bond motifs is 4. The van der Waals surface area contributed by atoms with Crippen LogP contribution in [-0.2, 0) is 4.74 Å². The highest BCUT2D eigenvalue weighted by Gasteiger charge is 2.34. The summed E-state index contributed by atoms with van der Waals surface area (Å²) in [6.07, 6.45) is 5.50. The van der Waals surface area contributed by atoms with Gasteiger partial charge in [-0.15, -0.1) is 0 Å². The molecule has 5 heterocycles. The number of benzene rings is 2. The largest absolute Gasteiger partial charge is 0.462 e. The van der Waals surface area contributed by atoms with Crippen molar-refractivity contribution in [1.82, 2.24) is 25.2 Å². The van der Waals surface area contributed by atoms with Gasteiger partial charge in [0.1, 0.15) is 12.4 Å². The number of aromatic nitrogens is 3. The number of hydrogen-bond donors (Lipinski definition) is 1. The van der Waals surface area contributed by atoms with E-state index < -0.39 is 0 Å². The SMILES string of the molecule is CO[C@@H]1C[C@@H](COc2nc(N3CC4CCC(C3)N4)c3cnc(-c4cccc5cccc(Cl)c45)c(C)c3n2)N(C)C1. The summed E-state index contributed by atoms with van der Waals surface area (Å²) in [5, 5.41) is 7.50. The second-order valence-electron chi connectivity index (χ2n) is 11.5. The van der Waals surface area contributed by atoms with Crippen LogP contribution in [0.2, 0.25) is 5.02 Å². The maximum atomic E-state index is 6.70. The maximum Gasteiger partial charge on any atom is 0.319 e. The predicted octanol–water partition coefficient (Wildman–Crippen LogP) is 4.85. The van der Waals surface area contributed by atoms with E-state index in [0.29, 0.717) is 29.7 Å². The molecule has 3 saturated heterocycles. The number of likely N-dealkylation sites (tertiary alicyclic amines) is 1. The highest BCUT2D eigenvalue weighted by molar-refractivity contribution is 6.36. The lowest BCUT2D eigenvalue weighted by Crippen LogP contribution is -2.51. The average Bonchev–Trinajstić information content (AvgIpc) is 3.51. The van der Waals surface area contributed by atoms with Gasteiger partial charge in [-0.05, 0) is 44.7 Å². The zero-order valence-electron chi connectivity index (χ0n) is 23.2. The third kappa shape index (κ3) is 4.57. The summed E-state index contributed by atoms with van der Waals surface area (Å²) < 4.78 is 11.9. The first-order chi connectivity index (χ1) is 19.5. The van der Waals surface area contributed by atoms with Gasteiger partial charge in [-0.25, -0.2) is 0 Å². The van der Waals surface area contributed by atoms with Crippen LogP contribution >= 0.6 is 11.6 Å². The van der Waals surface area contributed by atoms with Crippen molar-refractivity contribution in [2.24, 2.45) is 0 Å². The third-order valence-corrected chi connectivity index (χ3v) is 9.27. The van der Waals surface area contributed by atoms with Crippen LogP contribution in [0.1, 0.15) is 24.8 Å². The number of nitrogens with zero attached hydrogens (tertiary/aromatic N) is 5. The van der Waals surface area contributed by atoms with E-state index in [0.717, 1.165) is 70.4 Å². The zero-order valence-corrected chi connectivity index (χ0v) is 24.0. The summed E-state index contributed by atoms with van der Waals surface area (Å²) in [6.45, 7) is 5.35.